The number of esters is 1. The van der Waals surface area contributed by atoms with E-state index in [1.807, 2.05) is 25.1 Å². The molecular formula is C15H20O3. The van der Waals surface area contributed by atoms with E-state index in [9.17, 15) is 4.79 Å². The number of methoxy groups -OCH3 is 1. The van der Waals surface area contributed by atoms with Gasteiger partial charge in [0.2, 0.25) is 0 Å². The molecule has 0 radical (unpaired) electrons. The first-order chi connectivity index (χ1) is 8.40. The number of aliphatic hydroxyl groups is 1. The summed E-state index contributed by atoms with van der Waals surface area (Å²) in [6.07, 6.45) is -0.822. The van der Waals surface area contributed by atoms with Crippen LogP contribution in [-0.4, -0.2) is 24.3 Å². The topological polar surface area (TPSA) is 46.5 Å². The summed E-state index contributed by atoms with van der Waals surface area (Å²) >= 11 is 0. The molecule has 0 spiro atoms. The molecule has 0 aromatic heterocycles. The zero-order valence-electron chi connectivity index (χ0n) is 11.1. The minimum Gasteiger partial charge on any atom is -0.466 e. The molecule has 0 aliphatic rings. The Bertz CT molecular complexity index is 405. The lowest BCUT2D eigenvalue weighted by molar-refractivity contribution is -0.137. The van der Waals surface area contributed by atoms with E-state index in [-0.39, 0.29) is 5.57 Å². The largest absolute Gasteiger partial charge is 0.466 e. The number of hydrogen-bond donors (Lipinski definition) is 1. The summed E-state index contributed by atoms with van der Waals surface area (Å²) in [6.45, 7) is 10.6. The third kappa shape index (κ3) is 6.01. The summed E-state index contributed by atoms with van der Waals surface area (Å²) in [5.41, 5.74) is 2.42. The van der Waals surface area contributed by atoms with Gasteiger partial charge in [-0.1, -0.05) is 49.1 Å². The molecule has 1 rings (SSSR count). The Kier molecular flexibility index (Phi) is 7.40. The van der Waals surface area contributed by atoms with Crippen molar-refractivity contribution >= 4 is 11.5 Å². The van der Waals surface area contributed by atoms with Crippen LogP contribution in [0.3, 0.4) is 0 Å². The highest BCUT2D eigenvalue weighted by Gasteiger charge is 2.10. The summed E-state index contributed by atoms with van der Waals surface area (Å²) in [7, 11) is 1.25. The lowest BCUT2D eigenvalue weighted by Gasteiger charge is -2.03. The van der Waals surface area contributed by atoms with Crippen molar-refractivity contribution in [1.29, 1.82) is 0 Å². The Morgan fingerprint density at radius 1 is 1.28 bits per heavy atom. The van der Waals surface area contributed by atoms with Crippen molar-refractivity contribution in [2.75, 3.05) is 7.11 Å². The van der Waals surface area contributed by atoms with Gasteiger partial charge in [0.05, 0.1) is 18.8 Å². The molecule has 0 amide bonds. The van der Waals surface area contributed by atoms with E-state index in [0.717, 1.165) is 5.57 Å². The van der Waals surface area contributed by atoms with Gasteiger partial charge in [-0.25, -0.2) is 4.79 Å². The van der Waals surface area contributed by atoms with Crippen LogP contribution in [0.4, 0.5) is 0 Å². The van der Waals surface area contributed by atoms with Crippen LogP contribution >= 0.6 is 0 Å². The second kappa shape index (κ2) is 8.25. The Labute approximate surface area is 108 Å². The SMILES string of the molecule is C=C(C(=O)OC)C(C)O.C=C(C)c1ccccc1. The zero-order chi connectivity index (χ0) is 14.1. The van der Waals surface area contributed by atoms with Crippen molar-refractivity contribution in [2.45, 2.75) is 20.0 Å². The van der Waals surface area contributed by atoms with Gasteiger partial charge >= 0.3 is 5.97 Å². The summed E-state index contributed by atoms with van der Waals surface area (Å²) in [5, 5.41) is 8.72. The standard InChI is InChI=1S/C9H10.C6H10O3/c1-8(2)9-6-4-3-5-7-9;1-4(5(2)7)6(8)9-3/h3-7H,1H2,2H3;5,7H,1H2,2-3H3. The third-order valence-electron chi connectivity index (χ3n) is 2.22. The summed E-state index contributed by atoms with van der Waals surface area (Å²) in [4.78, 5) is 10.5. The summed E-state index contributed by atoms with van der Waals surface area (Å²) in [6, 6.07) is 10.2. The number of aliphatic hydroxyl groups excluding tert-OH is 1. The monoisotopic (exact) mass is 248 g/mol. The van der Waals surface area contributed by atoms with Crippen LogP contribution in [-0.2, 0) is 9.53 Å². The highest BCUT2D eigenvalue weighted by atomic mass is 16.5. The minimum atomic E-state index is -0.822. The van der Waals surface area contributed by atoms with Crippen molar-refractivity contribution in [1.82, 2.24) is 0 Å². The lowest BCUT2D eigenvalue weighted by Crippen LogP contribution is -2.14. The number of carbonyl (C=O) groups is 1. The Morgan fingerprint density at radius 3 is 2.00 bits per heavy atom. The maximum atomic E-state index is 10.5. The number of rotatable bonds is 3. The van der Waals surface area contributed by atoms with Gasteiger partial charge in [0.1, 0.15) is 0 Å². The van der Waals surface area contributed by atoms with Crippen LogP contribution in [0, 0.1) is 0 Å². The van der Waals surface area contributed by atoms with Gasteiger partial charge < -0.3 is 9.84 Å². The predicted molar refractivity (Wildman–Crippen MR) is 74.0 cm³/mol. The van der Waals surface area contributed by atoms with Crippen LogP contribution in [0.15, 0.2) is 49.1 Å². The molecule has 0 aliphatic carbocycles. The smallest absolute Gasteiger partial charge is 0.335 e. The van der Waals surface area contributed by atoms with Crippen molar-refractivity contribution < 1.29 is 14.6 Å². The highest BCUT2D eigenvalue weighted by molar-refractivity contribution is 5.88. The Balaban J connectivity index is 0.000000321. The molecule has 1 atom stereocenters. The molecule has 1 aromatic rings. The average Bonchev–Trinajstić information content (AvgIpc) is 2.38. The van der Waals surface area contributed by atoms with Gasteiger partial charge in [0.15, 0.2) is 0 Å². The third-order valence-corrected chi connectivity index (χ3v) is 2.22. The van der Waals surface area contributed by atoms with Gasteiger partial charge in [-0.3, -0.25) is 0 Å². The summed E-state index contributed by atoms with van der Waals surface area (Å²) in [5.74, 6) is -0.565. The number of ether oxygens (including phenoxy) is 1. The van der Waals surface area contributed by atoms with Crippen LogP contribution in [0.5, 0.6) is 0 Å². The van der Waals surface area contributed by atoms with Crippen molar-refractivity contribution in [2.24, 2.45) is 0 Å². The molecule has 0 saturated heterocycles. The molecule has 1 N–H and O–H groups in total. The molecular weight excluding hydrogens is 228 g/mol. The molecule has 3 heteroatoms. The normalized spacial score (nSPS) is 10.7. The first-order valence-electron chi connectivity index (χ1n) is 5.56. The molecule has 1 unspecified atom stereocenters. The Hall–Kier alpha value is -1.87. The van der Waals surface area contributed by atoms with Gasteiger partial charge in [0.25, 0.3) is 0 Å². The van der Waals surface area contributed by atoms with Gasteiger partial charge in [-0.05, 0) is 19.4 Å². The lowest BCUT2D eigenvalue weighted by atomic mass is 10.1. The van der Waals surface area contributed by atoms with E-state index < -0.39 is 12.1 Å². The highest BCUT2D eigenvalue weighted by Crippen LogP contribution is 2.08. The van der Waals surface area contributed by atoms with Crippen LogP contribution < -0.4 is 0 Å². The van der Waals surface area contributed by atoms with Crippen molar-refractivity contribution in [3.63, 3.8) is 0 Å². The number of benzene rings is 1. The summed E-state index contributed by atoms with van der Waals surface area (Å²) < 4.78 is 4.27. The minimum absolute atomic E-state index is 0.0810. The van der Waals surface area contributed by atoms with Crippen LogP contribution in [0.1, 0.15) is 19.4 Å². The van der Waals surface area contributed by atoms with Gasteiger partial charge in [-0.15, -0.1) is 0 Å². The van der Waals surface area contributed by atoms with E-state index in [4.69, 9.17) is 5.11 Å². The zero-order valence-corrected chi connectivity index (χ0v) is 11.1. The van der Waals surface area contributed by atoms with Crippen LogP contribution in [0.2, 0.25) is 0 Å². The van der Waals surface area contributed by atoms with E-state index in [2.05, 4.69) is 30.0 Å². The van der Waals surface area contributed by atoms with Gasteiger partial charge in [-0.2, -0.15) is 0 Å². The fraction of sp³-hybridized carbons (Fsp3) is 0.267. The van der Waals surface area contributed by atoms with Gasteiger partial charge in [0, 0.05) is 0 Å². The van der Waals surface area contributed by atoms with E-state index >= 15 is 0 Å². The fourth-order valence-corrected chi connectivity index (χ4v) is 1.02. The fourth-order valence-electron chi connectivity index (χ4n) is 1.02. The van der Waals surface area contributed by atoms with Crippen LogP contribution in [0.25, 0.3) is 5.57 Å². The molecule has 18 heavy (non-hydrogen) atoms. The quantitative estimate of drug-likeness (QED) is 0.661. The van der Waals surface area contributed by atoms with Crippen molar-refractivity contribution in [3.8, 4) is 0 Å². The molecule has 0 aliphatic heterocycles. The van der Waals surface area contributed by atoms with Crippen molar-refractivity contribution in [3.05, 3.63) is 54.6 Å². The Morgan fingerprint density at radius 2 is 1.78 bits per heavy atom. The second-order valence-electron chi connectivity index (χ2n) is 3.84. The molecule has 0 fully saturated rings. The van der Waals surface area contributed by atoms with E-state index in [1.54, 1.807) is 0 Å². The molecule has 3 nitrogen and oxygen atoms in total. The van der Waals surface area contributed by atoms with E-state index in [0.29, 0.717) is 0 Å². The molecule has 0 heterocycles. The number of allylic oxidation sites excluding steroid dienone is 1. The maximum absolute atomic E-state index is 10.5. The molecule has 98 valence electrons. The second-order valence-corrected chi connectivity index (χ2v) is 3.84. The van der Waals surface area contributed by atoms with E-state index in [1.165, 1.54) is 19.6 Å². The average molecular weight is 248 g/mol. The molecule has 0 bridgehead atoms. The number of hydrogen-bond acceptors (Lipinski definition) is 3. The first kappa shape index (κ1) is 16.1. The predicted octanol–water partition coefficient (Wildman–Crippen LogP) is 2.82. The number of carbonyl (C=O) groups excluding carboxylic acids is 1. The first-order valence-corrected chi connectivity index (χ1v) is 5.56. The molecule has 0 saturated carbocycles. The maximum Gasteiger partial charge on any atom is 0.335 e. The molecule has 1 aromatic carbocycles.